The fourth-order valence-electron chi connectivity index (χ4n) is 2.90. The van der Waals surface area contributed by atoms with E-state index in [4.69, 9.17) is 4.74 Å². The zero-order valence-corrected chi connectivity index (χ0v) is 10.6. The van der Waals surface area contributed by atoms with Gasteiger partial charge in [0.15, 0.2) is 0 Å². The minimum Gasteiger partial charge on any atom is -0.460 e. The van der Waals surface area contributed by atoms with Gasteiger partial charge in [0.25, 0.3) is 0 Å². The maximum absolute atomic E-state index is 12.0. The summed E-state index contributed by atoms with van der Waals surface area (Å²) in [4.78, 5) is 12.0. The van der Waals surface area contributed by atoms with Gasteiger partial charge in [0.05, 0.1) is 5.92 Å². The lowest BCUT2D eigenvalue weighted by molar-refractivity contribution is -0.162. The Balaban J connectivity index is 1.89. The molecule has 2 aliphatic rings. The smallest absolute Gasteiger partial charge is 0.309 e. The van der Waals surface area contributed by atoms with Crippen LogP contribution in [-0.4, -0.2) is 24.7 Å². The standard InChI is InChI=1S/C13H23NO2/c1-13(2,3)16-12(15)9-4-5-10-7-14-8-11(10)6-9/h9-11,14H,4-8H2,1-3H3. The first kappa shape index (κ1) is 11.9. The summed E-state index contributed by atoms with van der Waals surface area (Å²) in [5, 5.41) is 3.42. The lowest BCUT2D eigenvalue weighted by atomic mass is 9.76. The Morgan fingerprint density at radius 2 is 1.88 bits per heavy atom. The molecule has 0 radical (unpaired) electrons. The van der Waals surface area contributed by atoms with Crippen molar-refractivity contribution in [2.45, 2.75) is 45.6 Å². The highest BCUT2D eigenvalue weighted by Gasteiger charge is 2.37. The number of hydrogen-bond acceptors (Lipinski definition) is 3. The molecule has 2 fully saturated rings. The largest absolute Gasteiger partial charge is 0.460 e. The Morgan fingerprint density at radius 3 is 2.56 bits per heavy atom. The highest BCUT2D eigenvalue weighted by molar-refractivity contribution is 5.73. The molecule has 1 N–H and O–H groups in total. The molecule has 2 rings (SSSR count). The van der Waals surface area contributed by atoms with E-state index in [1.165, 1.54) is 6.42 Å². The topological polar surface area (TPSA) is 38.3 Å². The molecule has 16 heavy (non-hydrogen) atoms. The van der Waals surface area contributed by atoms with Crippen molar-refractivity contribution < 1.29 is 9.53 Å². The first-order valence-electron chi connectivity index (χ1n) is 6.39. The summed E-state index contributed by atoms with van der Waals surface area (Å²) in [5.41, 5.74) is -0.345. The third kappa shape index (κ3) is 2.76. The van der Waals surface area contributed by atoms with Crippen molar-refractivity contribution in [1.82, 2.24) is 5.32 Å². The Hall–Kier alpha value is -0.570. The van der Waals surface area contributed by atoms with Crippen molar-refractivity contribution in [2.75, 3.05) is 13.1 Å². The van der Waals surface area contributed by atoms with Gasteiger partial charge in [-0.25, -0.2) is 0 Å². The van der Waals surface area contributed by atoms with Crippen molar-refractivity contribution in [3.63, 3.8) is 0 Å². The molecule has 3 heteroatoms. The van der Waals surface area contributed by atoms with Gasteiger partial charge in [-0.15, -0.1) is 0 Å². The number of esters is 1. The third-order valence-corrected chi connectivity index (χ3v) is 3.69. The van der Waals surface area contributed by atoms with Gasteiger partial charge < -0.3 is 10.1 Å². The van der Waals surface area contributed by atoms with Crippen LogP contribution in [0.2, 0.25) is 0 Å². The van der Waals surface area contributed by atoms with Crippen molar-refractivity contribution in [2.24, 2.45) is 17.8 Å². The van der Waals surface area contributed by atoms with E-state index in [0.717, 1.165) is 31.8 Å². The SMILES string of the molecule is CC(C)(C)OC(=O)C1CCC2CNCC2C1. The lowest BCUT2D eigenvalue weighted by Gasteiger charge is -2.31. The molecule has 92 valence electrons. The van der Waals surface area contributed by atoms with Gasteiger partial charge in [-0.3, -0.25) is 4.79 Å². The molecule has 0 aromatic carbocycles. The first-order valence-corrected chi connectivity index (χ1v) is 6.39. The van der Waals surface area contributed by atoms with Gasteiger partial charge in [0.2, 0.25) is 0 Å². The molecule has 0 aromatic rings. The Morgan fingerprint density at radius 1 is 1.19 bits per heavy atom. The fourth-order valence-corrected chi connectivity index (χ4v) is 2.90. The molecule has 1 aliphatic heterocycles. The zero-order chi connectivity index (χ0) is 11.8. The number of carbonyl (C=O) groups is 1. The molecule has 0 amide bonds. The Labute approximate surface area is 97.9 Å². The van der Waals surface area contributed by atoms with Crippen LogP contribution in [0.1, 0.15) is 40.0 Å². The van der Waals surface area contributed by atoms with Crippen molar-refractivity contribution in [3.8, 4) is 0 Å². The minimum atomic E-state index is -0.345. The third-order valence-electron chi connectivity index (χ3n) is 3.69. The molecule has 0 bridgehead atoms. The molecule has 0 spiro atoms. The monoisotopic (exact) mass is 225 g/mol. The fraction of sp³-hybridized carbons (Fsp3) is 0.923. The number of hydrogen-bond donors (Lipinski definition) is 1. The summed E-state index contributed by atoms with van der Waals surface area (Å²) >= 11 is 0. The van der Waals surface area contributed by atoms with Crippen LogP contribution in [0.3, 0.4) is 0 Å². The summed E-state index contributed by atoms with van der Waals surface area (Å²) in [6.45, 7) is 8.05. The minimum absolute atomic E-state index is 0.0119. The molecule has 1 saturated carbocycles. The van der Waals surface area contributed by atoms with Gasteiger partial charge >= 0.3 is 5.97 Å². The number of carbonyl (C=O) groups excluding carboxylic acids is 1. The van der Waals surface area contributed by atoms with E-state index in [-0.39, 0.29) is 17.5 Å². The van der Waals surface area contributed by atoms with E-state index in [1.54, 1.807) is 0 Å². The summed E-state index contributed by atoms with van der Waals surface area (Å²) in [5.74, 6) is 1.66. The van der Waals surface area contributed by atoms with E-state index in [2.05, 4.69) is 5.32 Å². The summed E-state index contributed by atoms with van der Waals surface area (Å²) in [6.07, 6.45) is 3.21. The van der Waals surface area contributed by atoms with Crippen LogP contribution < -0.4 is 5.32 Å². The number of fused-ring (bicyclic) bond motifs is 1. The predicted octanol–water partition coefficient (Wildman–Crippen LogP) is 1.96. The molecule has 1 saturated heterocycles. The van der Waals surface area contributed by atoms with Crippen molar-refractivity contribution in [1.29, 1.82) is 0 Å². The maximum atomic E-state index is 12.0. The van der Waals surface area contributed by atoms with Crippen LogP contribution in [0, 0.1) is 17.8 Å². The van der Waals surface area contributed by atoms with E-state index < -0.39 is 0 Å². The van der Waals surface area contributed by atoms with Gasteiger partial charge in [0.1, 0.15) is 5.60 Å². The first-order chi connectivity index (χ1) is 7.46. The van der Waals surface area contributed by atoms with Gasteiger partial charge in [-0.05, 0) is 65.0 Å². The normalized spacial score (nSPS) is 34.6. The molecule has 3 nitrogen and oxygen atoms in total. The Bertz CT molecular complexity index is 270. The number of rotatable bonds is 1. The second kappa shape index (κ2) is 4.36. The molecular weight excluding hydrogens is 202 g/mol. The molecule has 3 atom stereocenters. The Kier molecular flexibility index (Phi) is 3.24. The summed E-state index contributed by atoms with van der Waals surface area (Å²) < 4.78 is 5.47. The second-order valence-electron chi connectivity index (χ2n) is 6.22. The predicted molar refractivity (Wildman–Crippen MR) is 63.0 cm³/mol. The molecular formula is C13H23NO2. The highest BCUT2D eigenvalue weighted by atomic mass is 16.6. The zero-order valence-electron chi connectivity index (χ0n) is 10.6. The van der Waals surface area contributed by atoms with Gasteiger partial charge in [-0.2, -0.15) is 0 Å². The second-order valence-corrected chi connectivity index (χ2v) is 6.22. The van der Waals surface area contributed by atoms with E-state index in [0.29, 0.717) is 5.92 Å². The summed E-state index contributed by atoms with van der Waals surface area (Å²) in [6, 6.07) is 0. The van der Waals surface area contributed by atoms with Gasteiger partial charge in [-0.1, -0.05) is 0 Å². The highest BCUT2D eigenvalue weighted by Crippen LogP contribution is 2.36. The van der Waals surface area contributed by atoms with Crippen LogP contribution in [0.5, 0.6) is 0 Å². The number of ether oxygens (including phenoxy) is 1. The molecule has 3 unspecified atom stereocenters. The van der Waals surface area contributed by atoms with E-state index in [9.17, 15) is 4.79 Å². The van der Waals surface area contributed by atoms with Crippen molar-refractivity contribution in [3.05, 3.63) is 0 Å². The average molecular weight is 225 g/mol. The summed E-state index contributed by atoms with van der Waals surface area (Å²) in [7, 11) is 0. The molecule has 1 aliphatic carbocycles. The van der Waals surface area contributed by atoms with E-state index >= 15 is 0 Å². The lowest BCUT2D eigenvalue weighted by Crippen LogP contribution is -2.33. The number of nitrogens with one attached hydrogen (secondary N) is 1. The van der Waals surface area contributed by atoms with Crippen LogP contribution >= 0.6 is 0 Å². The maximum Gasteiger partial charge on any atom is 0.309 e. The molecule has 1 heterocycles. The van der Waals surface area contributed by atoms with Crippen LogP contribution in [-0.2, 0) is 9.53 Å². The quantitative estimate of drug-likeness (QED) is 0.693. The average Bonchev–Trinajstić information content (AvgIpc) is 2.61. The molecule has 0 aromatic heterocycles. The van der Waals surface area contributed by atoms with Crippen molar-refractivity contribution >= 4 is 5.97 Å². The van der Waals surface area contributed by atoms with Crippen LogP contribution in [0.25, 0.3) is 0 Å². The van der Waals surface area contributed by atoms with Gasteiger partial charge in [0, 0.05) is 0 Å². The van der Waals surface area contributed by atoms with Crippen LogP contribution in [0.15, 0.2) is 0 Å². The van der Waals surface area contributed by atoms with E-state index in [1.807, 2.05) is 20.8 Å². The van der Waals surface area contributed by atoms with Crippen LogP contribution in [0.4, 0.5) is 0 Å².